The lowest BCUT2D eigenvalue weighted by atomic mass is 10.0. The van der Waals surface area contributed by atoms with Crippen LogP contribution in [0, 0.1) is 5.92 Å². The molecule has 2 aromatic rings. The van der Waals surface area contributed by atoms with Crippen molar-refractivity contribution in [3.05, 3.63) is 36.0 Å². The van der Waals surface area contributed by atoms with Crippen LogP contribution in [0.5, 0.6) is 0 Å². The fourth-order valence-electron chi connectivity index (χ4n) is 6.21. The smallest absolute Gasteiger partial charge is 0.326 e. The second kappa shape index (κ2) is 20.7. The topological polar surface area (TPSA) is 306 Å². The quantitative estimate of drug-likeness (QED) is 0.0400. The third kappa shape index (κ3) is 12.7. The van der Waals surface area contributed by atoms with Crippen molar-refractivity contribution in [3.63, 3.8) is 0 Å². The molecule has 1 fully saturated rings. The molecule has 0 bridgehead atoms. The number of aromatic nitrogens is 1. The van der Waals surface area contributed by atoms with Gasteiger partial charge in [-0.25, -0.2) is 4.79 Å². The summed E-state index contributed by atoms with van der Waals surface area (Å²) < 4.78 is 0. The summed E-state index contributed by atoms with van der Waals surface area (Å²) in [5.74, 6) is -4.58. The van der Waals surface area contributed by atoms with Crippen LogP contribution in [0.2, 0.25) is 0 Å². The van der Waals surface area contributed by atoms with Gasteiger partial charge in [-0.05, 0) is 69.0 Å². The number of nitrogens with zero attached hydrogens (tertiary/aromatic N) is 2. The fraction of sp³-hybridized carbons (Fsp3) is 0.571. The number of carboxylic acids is 1. The number of aliphatic carboxylic acids is 1. The number of amides is 5. The Morgan fingerprint density at radius 2 is 1.72 bits per heavy atom. The third-order valence-electron chi connectivity index (χ3n) is 9.11. The molecular formula is C35H55N11O7. The summed E-state index contributed by atoms with van der Waals surface area (Å²) in [5.41, 5.74) is 24.1. The minimum atomic E-state index is -1.18. The van der Waals surface area contributed by atoms with E-state index in [9.17, 15) is 33.9 Å². The van der Waals surface area contributed by atoms with Gasteiger partial charge in [0.1, 0.15) is 24.2 Å². The molecule has 5 amide bonds. The molecule has 3 rings (SSSR count). The molecule has 0 spiro atoms. The molecule has 18 heteroatoms. The normalized spacial score (nSPS) is 16.3. The van der Waals surface area contributed by atoms with E-state index in [4.69, 9.17) is 22.9 Å². The highest BCUT2D eigenvalue weighted by Gasteiger charge is 2.39. The minimum Gasteiger partial charge on any atom is -0.480 e. The molecule has 0 unspecified atom stereocenters. The van der Waals surface area contributed by atoms with Gasteiger partial charge in [0, 0.05) is 36.6 Å². The Bertz CT molecular complexity index is 1610. The first-order valence-electron chi connectivity index (χ1n) is 18.0. The molecule has 1 aromatic carbocycles. The van der Waals surface area contributed by atoms with Crippen LogP contribution in [-0.4, -0.2) is 113 Å². The second-order valence-electron chi connectivity index (χ2n) is 13.6. The third-order valence-corrected chi connectivity index (χ3v) is 9.11. The number of H-pyrrole nitrogens is 1. The zero-order valence-corrected chi connectivity index (χ0v) is 30.4. The molecule has 14 N–H and O–H groups in total. The largest absolute Gasteiger partial charge is 0.480 e. The summed E-state index contributed by atoms with van der Waals surface area (Å²) in [7, 11) is 0. The number of para-hydroxylation sites is 1. The first-order valence-corrected chi connectivity index (χ1v) is 18.0. The number of nitrogens with two attached hydrogens (primary N) is 4. The lowest BCUT2D eigenvalue weighted by Gasteiger charge is -2.30. The second-order valence-corrected chi connectivity index (χ2v) is 13.6. The standard InChI is InChI=1S/C35H55N11O7/c1-20(2)29(34(52)53)45-32(50)27-13-8-16-46(27)33(51)25(12-5-6-14-36)43-28(47)19-42-31(49)26(17-21-18-41-24-11-4-3-9-22(21)24)44-30(48)23(37)10-7-15-40-35(38)39/h3-4,9,11,18,20,23,25-27,29,41H,5-8,10,12-17,19,36-37H2,1-2H3,(H,42,49)(H,43,47)(H,44,48)(H,45,50)(H,52,53)(H4,38,39,40)/t23-,25-,26-,27-,29-/m0/s1. The van der Waals surface area contributed by atoms with Gasteiger partial charge in [-0.1, -0.05) is 32.0 Å². The average Bonchev–Trinajstić information content (AvgIpc) is 3.78. The summed E-state index contributed by atoms with van der Waals surface area (Å²) in [6, 6.07) is 2.36. The maximum atomic E-state index is 13.8. The van der Waals surface area contributed by atoms with Crippen molar-refractivity contribution in [1.29, 1.82) is 0 Å². The number of carbonyl (C=O) groups is 6. The van der Waals surface area contributed by atoms with Gasteiger partial charge in [0.25, 0.3) is 0 Å². The van der Waals surface area contributed by atoms with Gasteiger partial charge in [-0.3, -0.25) is 29.0 Å². The van der Waals surface area contributed by atoms with E-state index in [-0.39, 0.29) is 44.2 Å². The Hall–Kier alpha value is -5.23. The highest BCUT2D eigenvalue weighted by atomic mass is 16.4. The molecule has 5 atom stereocenters. The monoisotopic (exact) mass is 741 g/mol. The minimum absolute atomic E-state index is 0.0748. The average molecular weight is 742 g/mol. The van der Waals surface area contributed by atoms with Crippen molar-refractivity contribution in [2.45, 2.75) is 95.4 Å². The summed E-state index contributed by atoms with van der Waals surface area (Å²) in [4.78, 5) is 87.0. The van der Waals surface area contributed by atoms with E-state index < -0.39 is 72.3 Å². The van der Waals surface area contributed by atoms with Crippen molar-refractivity contribution in [1.82, 2.24) is 31.2 Å². The van der Waals surface area contributed by atoms with Crippen LogP contribution >= 0.6 is 0 Å². The highest BCUT2D eigenvalue weighted by molar-refractivity contribution is 5.96. The molecule has 53 heavy (non-hydrogen) atoms. The summed E-state index contributed by atoms with van der Waals surface area (Å²) in [5, 5.41) is 20.9. The number of carboxylic acid groups (broad SMARTS) is 1. The Labute approximate surface area is 308 Å². The lowest BCUT2D eigenvalue weighted by Crippen LogP contribution is -2.57. The number of aromatic amines is 1. The Morgan fingerprint density at radius 1 is 0.981 bits per heavy atom. The molecule has 1 aliphatic rings. The summed E-state index contributed by atoms with van der Waals surface area (Å²) in [6.45, 7) is 3.73. The van der Waals surface area contributed by atoms with Crippen LogP contribution in [0.15, 0.2) is 35.5 Å². The molecule has 1 aromatic heterocycles. The SMILES string of the molecule is CC(C)[C@H](NC(=O)[C@@H]1CCCN1C(=O)[C@H](CCCCN)NC(=O)CNC(=O)[C@H](Cc1c[nH]c2ccccc12)NC(=O)[C@@H](N)CCCN=C(N)N)C(=O)O. The van der Waals surface area contributed by atoms with E-state index in [1.807, 2.05) is 24.3 Å². The maximum absolute atomic E-state index is 13.8. The van der Waals surface area contributed by atoms with E-state index >= 15 is 0 Å². The number of fused-ring (bicyclic) bond motifs is 1. The number of nitrogens with one attached hydrogen (secondary N) is 5. The molecule has 0 aliphatic carbocycles. The number of hydrogen-bond donors (Lipinski definition) is 10. The van der Waals surface area contributed by atoms with Crippen molar-refractivity contribution in [3.8, 4) is 0 Å². The number of guanidine groups is 1. The number of benzene rings is 1. The number of carbonyl (C=O) groups excluding carboxylic acids is 5. The zero-order valence-electron chi connectivity index (χ0n) is 30.4. The van der Waals surface area contributed by atoms with Crippen molar-refractivity contribution in [2.75, 3.05) is 26.2 Å². The highest BCUT2D eigenvalue weighted by Crippen LogP contribution is 2.21. The summed E-state index contributed by atoms with van der Waals surface area (Å²) >= 11 is 0. The van der Waals surface area contributed by atoms with Crippen LogP contribution in [-0.2, 0) is 35.2 Å². The predicted molar refractivity (Wildman–Crippen MR) is 199 cm³/mol. The molecule has 0 saturated carbocycles. The first-order chi connectivity index (χ1) is 25.2. The molecule has 1 saturated heterocycles. The molecule has 2 heterocycles. The number of unbranched alkanes of at least 4 members (excludes halogenated alkanes) is 1. The van der Waals surface area contributed by atoms with Crippen LogP contribution in [0.25, 0.3) is 10.9 Å². The molecular weight excluding hydrogens is 686 g/mol. The van der Waals surface area contributed by atoms with Gasteiger partial charge in [0.05, 0.1) is 12.6 Å². The Morgan fingerprint density at radius 3 is 2.40 bits per heavy atom. The van der Waals surface area contributed by atoms with Crippen LogP contribution in [0.3, 0.4) is 0 Å². The van der Waals surface area contributed by atoms with Crippen molar-refractivity contribution < 1.29 is 33.9 Å². The van der Waals surface area contributed by atoms with Crippen molar-refractivity contribution >= 4 is 52.4 Å². The van der Waals surface area contributed by atoms with Gasteiger partial charge >= 0.3 is 5.97 Å². The van der Waals surface area contributed by atoms with E-state index in [2.05, 4.69) is 31.2 Å². The number of likely N-dealkylation sites (tertiary alicyclic amines) is 1. The van der Waals surface area contributed by atoms with Crippen molar-refractivity contribution in [2.24, 2.45) is 33.8 Å². The Kier molecular flexibility index (Phi) is 16.5. The van der Waals surface area contributed by atoms with E-state index in [1.165, 1.54) is 4.90 Å². The number of rotatable bonds is 21. The number of hydrogen-bond acceptors (Lipinski definition) is 9. The van der Waals surface area contributed by atoms with Crippen LogP contribution in [0.1, 0.15) is 64.4 Å². The first kappa shape index (κ1) is 42.2. The van der Waals surface area contributed by atoms with Gasteiger partial charge in [-0.15, -0.1) is 0 Å². The van der Waals surface area contributed by atoms with E-state index in [0.717, 1.165) is 16.5 Å². The summed E-state index contributed by atoms with van der Waals surface area (Å²) in [6.07, 6.45) is 4.69. The lowest BCUT2D eigenvalue weighted by molar-refractivity contribution is -0.145. The molecule has 18 nitrogen and oxygen atoms in total. The van der Waals surface area contributed by atoms with Crippen LogP contribution < -0.4 is 44.2 Å². The maximum Gasteiger partial charge on any atom is 0.326 e. The van der Waals surface area contributed by atoms with Gasteiger partial charge in [-0.2, -0.15) is 0 Å². The van der Waals surface area contributed by atoms with E-state index in [1.54, 1.807) is 20.0 Å². The number of aliphatic imine (C=N–C) groups is 1. The zero-order chi connectivity index (χ0) is 39.1. The molecule has 1 aliphatic heterocycles. The van der Waals surface area contributed by atoms with Gasteiger partial charge in [0.15, 0.2) is 5.96 Å². The molecule has 0 radical (unpaired) electrons. The molecule has 292 valence electrons. The predicted octanol–water partition coefficient (Wildman–Crippen LogP) is -1.48. The van der Waals surface area contributed by atoms with Gasteiger partial charge in [0.2, 0.25) is 29.5 Å². The van der Waals surface area contributed by atoms with Gasteiger partial charge < -0.3 is 59.2 Å². The fourth-order valence-corrected chi connectivity index (χ4v) is 6.21. The van der Waals surface area contributed by atoms with E-state index in [0.29, 0.717) is 38.6 Å². The Balaban J connectivity index is 1.70. The van der Waals surface area contributed by atoms with Crippen LogP contribution in [0.4, 0.5) is 0 Å².